The minimum Gasteiger partial charge on any atom is -0.378 e. The second-order valence-electron chi connectivity index (χ2n) is 5.17. The molecule has 0 aliphatic rings. The SMILES string of the molecule is CC(C)CC(C)OCCC(=O)Nc1cc(Br)c[nH]c1=O. The lowest BCUT2D eigenvalue weighted by Gasteiger charge is -2.14. The summed E-state index contributed by atoms with van der Waals surface area (Å²) in [6, 6.07) is 1.57. The molecule has 112 valence electrons. The molecule has 0 bridgehead atoms. The second kappa shape index (κ2) is 8.21. The third-order valence-electron chi connectivity index (χ3n) is 2.68. The van der Waals surface area contributed by atoms with Gasteiger partial charge in [0, 0.05) is 10.7 Å². The van der Waals surface area contributed by atoms with Crippen molar-refractivity contribution in [3.8, 4) is 0 Å². The van der Waals surface area contributed by atoms with Gasteiger partial charge in [0.05, 0.1) is 19.1 Å². The average Bonchev–Trinajstić information content (AvgIpc) is 2.33. The number of aromatic amines is 1. The number of halogens is 1. The van der Waals surface area contributed by atoms with Crippen LogP contribution in [-0.4, -0.2) is 23.6 Å². The van der Waals surface area contributed by atoms with Gasteiger partial charge in [-0.25, -0.2) is 0 Å². The number of H-pyrrole nitrogens is 1. The Balaban J connectivity index is 2.37. The summed E-state index contributed by atoms with van der Waals surface area (Å²) in [6.45, 7) is 6.61. The summed E-state index contributed by atoms with van der Waals surface area (Å²) in [5, 5.41) is 2.57. The van der Waals surface area contributed by atoms with Crippen LogP contribution in [0.15, 0.2) is 21.5 Å². The van der Waals surface area contributed by atoms with Gasteiger partial charge >= 0.3 is 0 Å². The zero-order valence-electron chi connectivity index (χ0n) is 12.0. The van der Waals surface area contributed by atoms with Crippen LogP contribution in [0.5, 0.6) is 0 Å². The first-order valence-corrected chi connectivity index (χ1v) is 7.47. The highest BCUT2D eigenvalue weighted by molar-refractivity contribution is 9.10. The fraction of sp³-hybridized carbons (Fsp3) is 0.571. The Morgan fingerprint density at radius 2 is 2.15 bits per heavy atom. The van der Waals surface area contributed by atoms with E-state index in [1.807, 2.05) is 6.92 Å². The van der Waals surface area contributed by atoms with Gasteiger partial charge in [-0.1, -0.05) is 13.8 Å². The summed E-state index contributed by atoms with van der Waals surface area (Å²) in [4.78, 5) is 25.7. The third kappa shape index (κ3) is 6.34. The van der Waals surface area contributed by atoms with Crippen LogP contribution in [-0.2, 0) is 9.53 Å². The van der Waals surface area contributed by atoms with Crippen molar-refractivity contribution in [1.29, 1.82) is 0 Å². The van der Waals surface area contributed by atoms with Crippen LogP contribution in [0, 0.1) is 5.92 Å². The molecule has 1 heterocycles. The van der Waals surface area contributed by atoms with Crippen molar-refractivity contribution < 1.29 is 9.53 Å². The van der Waals surface area contributed by atoms with Crippen LogP contribution in [0.4, 0.5) is 5.69 Å². The van der Waals surface area contributed by atoms with E-state index in [1.54, 1.807) is 6.07 Å². The monoisotopic (exact) mass is 344 g/mol. The van der Waals surface area contributed by atoms with Gasteiger partial charge in [0.2, 0.25) is 5.91 Å². The third-order valence-corrected chi connectivity index (χ3v) is 3.13. The Hall–Kier alpha value is -1.14. The maximum absolute atomic E-state index is 11.7. The fourth-order valence-corrected chi connectivity index (χ4v) is 2.19. The molecule has 0 aromatic carbocycles. The molecule has 20 heavy (non-hydrogen) atoms. The van der Waals surface area contributed by atoms with Gasteiger partial charge in [-0.2, -0.15) is 0 Å². The van der Waals surface area contributed by atoms with Crippen molar-refractivity contribution in [3.05, 3.63) is 27.1 Å². The van der Waals surface area contributed by atoms with Crippen molar-refractivity contribution in [2.75, 3.05) is 11.9 Å². The summed E-state index contributed by atoms with van der Waals surface area (Å²) in [5.41, 5.74) is -0.0877. The summed E-state index contributed by atoms with van der Waals surface area (Å²) in [6.07, 6.45) is 2.85. The van der Waals surface area contributed by atoms with E-state index in [9.17, 15) is 9.59 Å². The highest BCUT2D eigenvalue weighted by Gasteiger charge is 2.09. The highest BCUT2D eigenvalue weighted by Crippen LogP contribution is 2.11. The van der Waals surface area contributed by atoms with Crippen molar-refractivity contribution >= 4 is 27.5 Å². The number of pyridine rings is 1. The first-order chi connectivity index (χ1) is 9.38. The molecule has 1 amide bonds. The minimum absolute atomic E-state index is 0.136. The van der Waals surface area contributed by atoms with Crippen LogP contribution in [0.3, 0.4) is 0 Å². The van der Waals surface area contributed by atoms with Crippen LogP contribution < -0.4 is 10.9 Å². The lowest BCUT2D eigenvalue weighted by molar-refractivity contribution is -0.117. The Labute approximate surface area is 127 Å². The Morgan fingerprint density at radius 1 is 1.45 bits per heavy atom. The first kappa shape index (κ1) is 16.9. The van der Waals surface area contributed by atoms with Gasteiger partial charge in [0.15, 0.2) is 0 Å². The van der Waals surface area contributed by atoms with E-state index in [0.717, 1.165) is 6.42 Å². The summed E-state index contributed by atoms with van der Waals surface area (Å²) in [5.74, 6) is 0.337. The predicted octanol–water partition coefficient (Wildman–Crippen LogP) is 2.92. The molecule has 6 heteroatoms. The van der Waals surface area contributed by atoms with E-state index in [-0.39, 0.29) is 29.7 Å². The van der Waals surface area contributed by atoms with Crippen LogP contribution in [0.25, 0.3) is 0 Å². The second-order valence-corrected chi connectivity index (χ2v) is 6.09. The number of carbonyl (C=O) groups excluding carboxylic acids is 1. The maximum atomic E-state index is 11.7. The number of carbonyl (C=O) groups is 1. The molecular weight excluding hydrogens is 324 g/mol. The standard InChI is InChI=1S/C14H21BrN2O3/c1-9(2)6-10(3)20-5-4-13(18)17-12-7-11(15)8-16-14(12)19/h7-10H,4-6H2,1-3H3,(H,16,19)(H,17,18). The largest absolute Gasteiger partial charge is 0.378 e. The van der Waals surface area contributed by atoms with Gasteiger partial charge in [0.1, 0.15) is 5.69 Å². The molecule has 0 radical (unpaired) electrons. The maximum Gasteiger partial charge on any atom is 0.271 e. The van der Waals surface area contributed by atoms with E-state index in [0.29, 0.717) is 17.0 Å². The van der Waals surface area contributed by atoms with Crippen molar-refractivity contribution in [2.24, 2.45) is 5.92 Å². The number of anilines is 1. The normalized spacial score (nSPS) is 12.4. The van der Waals surface area contributed by atoms with Crippen LogP contribution in [0.2, 0.25) is 0 Å². The average molecular weight is 345 g/mol. The van der Waals surface area contributed by atoms with Crippen LogP contribution in [0.1, 0.15) is 33.6 Å². The van der Waals surface area contributed by atoms with E-state index >= 15 is 0 Å². The zero-order chi connectivity index (χ0) is 15.1. The van der Waals surface area contributed by atoms with E-state index in [2.05, 4.69) is 40.1 Å². The molecule has 1 unspecified atom stereocenters. The van der Waals surface area contributed by atoms with Gasteiger partial charge in [0.25, 0.3) is 5.56 Å². The zero-order valence-corrected chi connectivity index (χ0v) is 13.6. The van der Waals surface area contributed by atoms with Crippen molar-refractivity contribution in [2.45, 2.75) is 39.7 Å². The number of ether oxygens (including phenoxy) is 1. The molecule has 0 saturated heterocycles. The topological polar surface area (TPSA) is 71.2 Å². The van der Waals surface area contributed by atoms with E-state index in [1.165, 1.54) is 6.20 Å². The summed E-state index contributed by atoms with van der Waals surface area (Å²) in [7, 11) is 0. The fourth-order valence-electron chi connectivity index (χ4n) is 1.85. The molecule has 0 fully saturated rings. The summed E-state index contributed by atoms with van der Waals surface area (Å²) < 4.78 is 6.26. The number of nitrogens with one attached hydrogen (secondary N) is 2. The molecular formula is C14H21BrN2O3. The molecule has 1 aromatic rings. The quantitative estimate of drug-likeness (QED) is 0.798. The molecule has 2 N–H and O–H groups in total. The smallest absolute Gasteiger partial charge is 0.271 e. The molecule has 0 saturated carbocycles. The van der Waals surface area contributed by atoms with Crippen LogP contribution >= 0.6 is 15.9 Å². The van der Waals surface area contributed by atoms with Crippen molar-refractivity contribution in [1.82, 2.24) is 4.98 Å². The number of amides is 1. The number of hydrogen-bond acceptors (Lipinski definition) is 3. The molecule has 0 aliphatic carbocycles. The first-order valence-electron chi connectivity index (χ1n) is 6.68. The number of hydrogen-bond donors (Lipinski definition) is 2. The minimum atomic E-state index is -0.323. The lowest BCUT2D eigenvalue weighted by Crippen LogP contribution is -2.21. The number of rotatable bonds is 7. The molecule has 0 aliphatic heterocycles. The van der Waals surface area contributed by atoms with E-state index < -0.39 is 0 Å². The number of aromatic nitrogens is 1. The Kier molecular flexibility index (Phi) is 6.95. The van der Waals surface area contributed by atoms with Gasteiger partial charge in [-0.15, -0.1) is 0 Å². The molecule has 0 spiro atoms. The Bertz CT molecular complexity index is 499. The summed E-state index contributed by atoms with van der Waals surface area (Å²) >= 11 is 3.23. The van der Waals surface area contributed by atoms with E-state index in [4.69, 9.17) is 4.74 Å². The van der Waals surface area contributed by atoms with Gasteiger partial charge in [-0.05, 0) is 41.3 Å². The predicted molar refractivity (Wildman–Crippen MR) is 82.9 cm³/mol. The van der Waals surface area contributed by atoms with Crippen molar-refractivity contribution in [3.63, 3.8) is 0 Å². The Morgan fingerprint density at radius 3 is 2.80 bits per heavy atom. The molecule has 1 atom stereocenters. The lowest BCUT2D eigenvalue weighted by atomic mass is 10.1. The molecule has 1 aromatic heterocycles. The molecule has 5 nitrogen and oxygen atoms in total. The highest BCUT2D eigenvalue weighted by atomic mass is 79.9. The molecule has 1 rings (SSSR count). The van der Waals surface area contributed by atoms with Gasteiger partial charge in [-0.3, -0.25) is 9.59 Å². The van der Waals surface area contributed by atoms with Gasteiger partial charge < -0.3 is 15.0 Å².